The number of carbonyl (C=O) groups is 3. The van der Waals surface area contributed by atoms with Crippen molar-refractivity contribution in [3.05, 3.63) is 54.5 Å². The van der Waals surface area contributed by atoms with Crippen LogP contribution in [0.15, 0.2) is 53.1 Å². The lowest BCUT2D eigenvalue weighted by Gasteiger charge is -2.27. The maximum absolute atomic E-state index is 12.7. The standard InChI is InChI=1S/C20H22N2O5S/c1-13(18(24)21(3)15-8-5-4-6-9-15)27-20(25)16-12-28-19(22(16)14(2)23)17-10-7-11-26-17/h4-11,13,16,19H,12H2,1-3H3/t13-,16-,19-/m1/s1. The molecule has 1 aliphatic heterocycles. The van der Waals surface area contributed by atoms with Gasteiger partial charge < -0.3 is 19.0 Å². The topological polar surface area (TPSA) is 80.1 Å². The number of amides is 2. The van der Waals surface area contributed by atoms with Crippen LogP contribution in [0.1, 0.15) is 25.0 Å². The lowest BCUT2D eigenvalue weighted by Crippen LogP contribution is -2.45. The van der Waals surface area contributed by atoms with Crippen LogP contribution in [-0.4, -0.2) is 47.6 Å². The average Bonchev–Trinajstić information content (AvgIpc) is 3.36. The van der Waals surface area contributed by atoms with Crippen molar-refractivity contribution in [2.75, 3.05) is 17.7 Å². The Hall–Kier alpha value is -2.74. The van der Waals surface area contributed by atoms with E-state index in [1.807, 2.05) is 18.2 Å². The number of ether oxygens (including phenoxy) is 1. The Bertz CT molecular complexity index is 840. The first kappa shape index (κ1) is 20.0. The van der Waals surface area contributed by atoms with E-state index in [1.165, 1.54) is 41.7 Å². The fourth-order valence-electron chi connectivity index (χ4n) is 3.08. The summed E-state index contributed by atoms with van der Waals surface area (Å²) in [6, 6.07) is 11.8. The number of hydrogen-bond donors (Lipinski definition) is 0. The summed E-state index contributed by atoms with van der Waals surface area (Å²) in [7, 11) is 1.63. The van der Waals surface area contributed by atoms with Crippen molar-refractivity contribution >= 4 is 35.2 Å². The van der Waals surface area contributed by atoms with E-state index in [4.69, 9.17) is 9.15 Å². The van der Waals surface area contributed by atoms with Gasteiger partial charge in [0.15, 0.2) is 6.10 Å². The molecule has 3 atom stereocenters. The lowest BCUT2D eigenvalue weighted by molar-refractivity contribution is -0.160. The van der Waals surface area contributed by atoms with Gasteiger partial charge in [0.1, 0.15) is 17.2 Å². The van der Waals surface area contributed by atoms with Crippen LogP contribution >= 0.6 is 11.8 Å². The maximum atomic E-state index is 12.7. The minimum Gasteiger partial charge on any atom is -0.466 e. The molecule has 0 bridgehead atoms. The second-order valence-corrected chi connectivity index (χ2v) is 7.57. The monoisotopic (exact) mass is 402 g/mol. The van der Waals surface area contributed by atoms with Gasteiger partial charge in [-0.2, -0.15) is 0 Å². The maximum Gasteiger partial charge on any atom is 0.330 e. The Labute approximate surface area is 167 Å². The number of furan rings is 1. The van der Waals surface area contributed by atoms with Crippen molar-refractivity contribution in [2.45, 2.75) is 31.4 Å². The first-order valence-electron chi connectivity index (χ1n) is 8.87. The molecule has 3 rings (SSSR count). The van der Waals surface area contributed by atoms with Crippen LogP contribution in [0.2, 0.25) is 0 Å². The average molecular weight is 402 g/mol. The van der Waals surface area contributed by atoms with Crippen LogP contribution < -0.4 is 4.90 Å². The molecule has 8 heteroatoms. The Morgan fingerprint density at radius 1 is 1.21 bits per heavy atom. The molecule has 0 saturated carbocycles. The highest BCUT2D eigenvalue weighted by Gasteiger charge is 2.43. The normalized spacial score (nSPS) is 19.9. The SMILES string of the molecule is CC(=O)N1[C@@H](C(=O)O[C@H](C)C(=O)N(C)c2ccccc2)CS[C@@H]1c1ccco1. The number of likely N-dealkylation sites (N-methyl/N-ethyl adjacent to an activating group) is 1. The molecule has 2 aromatic rings. The Kier molecular flexibility index (Phi) is 6.08. The summed E-state index contributed by atoms with van der Waals surface area (Å²) < 4.78 is 10.8. The molecule has 0 radical (unpaired) electrons. The van der Waals surface area contributed by atoms with Gasteiger partial charge in [-0.1, -0.05) is 18.2 Å². The van der Waals surface area contributed by atoms with Crippen molar-refractivity contribution in [1.82, 2.24) is 4.90 Å². The molecule has 0 aliphatic carbocycles. The Morgan fingerprint density at radius 2 is 1.93 bits per heavy atom. The molecule has 2 amide bonds. The van der Waals surface area contributed by atoms with Gasteiger partial charge in [-0.05, 0) is 31.2 Å². The molecule has 2 heterocycles. The van der Waals surface area contributed by atoms with E-state index in [2.05, 4.69) is 0 Å². The zero-order chi connectivity index (χ0) is 20.3. The molecule has 28 heavy (non-hydrogen) atoms. The molecule has 7 nitrogen and oxygen atoms in total. The van der Waals surface area contributed by atoms with E-state index < -0.39 is 18.1 Å². The zero-order valence-electron chi connectivity index (χ0n) is 15.9. The molecule has 0 unspecified atom stereocenters. The number of carbonyl (C=O) groups excluding carboxylic acids is 3. The number of benzene rings is 1. The van der Waals surface area contributed by atoms with Gasteiger partial charge in [0, 0.05) is 25.4 Å². The van der Waals surface area contributed by atoms with Gasteiger partial charge in [-0.3, -0.25) is 9.59 Å². The minimum atomic E-state index is -0.973. The predicted molar refractivity (Wildman–Crippen MR) is 106 cm³/mol. The summed E-state index contributed by atoms with van der Waals surface area (Å²) in [5.74, 6) is -0.224. The van der Waals surface area contributed by atoms with Crippen LogP contribution in [0.5, 0.6) is 0 Å². The van der Waals surface area contributed by atoms with Gasteiger partial charge in [0.2, 0.25) is 5.91 Å². The van der Waals surface area contributed by atoms with Crippen molar-refractivity contribution in [3.8, 4) is 0 Å². The first-order chi connectivity index (χ1) is 13.4. The molecule has 1 saturated heterocycles. The number of anilines is 1. The van der Waals surface area contributed by atoms with E-state index in [0.717, 1.165) is 0 Å². The summed E-state index contributed by atoms with van der Waals surface area (Å²) in [6.45, 7) is 2.93. The largest absolute Gasteiger partial charge is 0.466 e. The van der Waals surface area contributed by atoms with Gasteiger partial charge in [0.05, 0.1) is 6.26 Å². The fourth-order valence-corrected chi connectivity index (χ4v) is 4.49. The Balaban J connectivity index is 1.68. The van der Waals surface area contributed by atoms with Gasteiger partial charge in [-0.15, -0.1) is 11.8 Å². The summed E-state index contributed by atoms with van der Waals surface area (Å²) >= 11 is 1.43. The number of rotatable bonds is 5. The van der Waals surface area contributed by atoms with E-state index in [9.17, 15) is 14.4 Å². The smallest absolute Gasteiger partial charge is 0.330 e. The first-order valence-corrected chi connectivity index (χ1v) is 9.92. The molecule has 148 valence electrons. The molecular formula is C20H22N2O5S. The van der Waals surface area contributed by atoms with Crippen LogP contribution in [0.4, 0.5) is 5.69 Å². The van der Waals surface area contributed by atoms with E-state index in [1.54, 1.807) is 31.3 Å². The number of hydrogen-bond acceptors (Lipinski definition) is 6. The molecular weight excluding hydrogens is 380 g/mol. The number of nitrogens with zero attached hydrogens (tertiary/aromatic N) is 2. The van der Waals surface area contributed by atoms with Crippen molar-refractivity contribution < 1.29 is 23.5 Å². The van der Waals surface area contributed by atoms with Gasteiger partial charge >= 0.3 is 5.97 Å². The van der Waals surface area contributed by atoms with E-state index in [0.29, 0.717) is 17.2 Å². The summed E-state index contributed by atoms with van der Waals surface area (Å²) in [5, 5.41) is -0.386. The van der Waals surface area contributed by atoms with Crippen LogP contribution in [-0.2, 0) is 19.1 Å². The minimum absolute atomic E-state index is 0.256. The molecule has 0 spiro atoms. The van der Waals surface area contributed by atoms with Crippen molar-refractivity contribution in [3.63, 3.8) is 0 Å². The van der Waals surface area contributed by atoms with Crippen molar-refractivity contribution in [1.29, 1.82) is 0 Å². The zero-order valence-corrected chi connectivity index (χ0v) is 16.7. The van der Waals surface area contributed by atoms with Crippen LogP contribution in [0.3, 0.4) is 0 Å². The second kappa shape index (κ2) is 8.52. The fraction of sp³-hybridized carbons (Fsp3) is 0.350. The van der Waals surface area contributed by atoms with E-state index in [-0.39, 0.29) is 17.2 Å². The highest BCUT2D eigenvalue weighted by atomic mass is 32.2. The molecule has 1 aromatic carbocycles. The highest BCUT2D eigenvalue weighted by molar-refractivity contribution is 7.99. The van der Waals surface area contributed by atoms with Crippen LogP contribution in [0.25, 0.3) is 0 Å². The summed E-state index contributed by atoms with van der Waals surface area (Å²) in [4.78, 5) is 40.4. The summed E-state index contributed by atoms with van der Waals surface area (Å²) in [5.41, 5.74) is 0.704. The molecule has 1 aliphatic rings. The third kappa shape index (κ3) is 4.06. The van der Waals surface area contributed by atoms with Crippen LogP contribution in [0, 0.1) is 0 Å². The molecule has 0 N–H and O–H groups in total. The quantitative estimate of drug-likeness (QED) is 0.716. The van der Waals surface area contributed by atoms with Gasteiger partial charge in [-0.25, -0.2) is 4.79 Å². The Morgan fingerprint density at radius 3 is 2.54 bits per heavy atom. The molecule has 1 fully saturated rings. The van der Waals surface area contributed by atoms with E-state index >= 15 is 0 Å². The third-order valence-corrected chi connectivity index (χ3v) is 5.82. The second-order valence-electron chi connectivity index (χ2n) is 6.46. The van der Waals surface area contributed by atoms with Gasteiger partial charge in [0.25, 0.3) is 5.91 Å². The van der Waals surface area contributed by atoms with Crippen molar-refractivity contribution in [2.24, 2.45) is 0 Å². The molecule has 1 aromatic heterocycles. The number of thioether (sulfide) groups is 1. The predicted octanol–water partition coefficient (Wildman–Crippen LogP) is 2.84. The number of para-hydroxylation sites is 1. The number of esters is 1. The third-order valence-electron chi connectivity index (χ3n) is 4.54. The summed E-state index contributed by atoms with van der Waals surface area (Å²) in [6.07, 6.45) is 0.555. The highest BCUT2D eigenvalue weighted by Crippen LogP contribution is 2.41. The lowest BCUT2D eigenvalue weighted by atomic mass is 10.2.